The molecule has 1 heterocycles. The van der Waals surface area contributed by atoms with Crippen LogP contribution >= 0.6 is 27.7 Å². The van der Waals surface area contributed by atoms with Crippen LogP contribution in [0.15, 0.2) is 52.1 Å². The van der Waals surface area contributed by atoms with Crippen LogP contribution in [0.25, 0.3) is 11.4 Å². The van der Waals surface area contributed by atoms with Crippen LogP contribution in [0, 0.1) is 12.7 Å². The van der Waals surface area contributed by atoms with Crippen molar-refractivity contribution in [2.45, 2.75) is 12.1 Å². The Morgan fingerprint density at radius 3 is 2.81 bits per heavy atom. The monoisotopic (exact) mass is 435 g/mol. The molecule has 26 heavy (non-hydrogen) atoms. The summed E-state index contributed by atoms with van der Waals surface area (Å²) in [4.78, 5) is 12.1. The minimum Gasteiger partial charge on any atom is -0.335 e. The minimum atomic E-state index is -0.366. The van der Waals surface area contributed by atoms with Crippen LogP contribution in [0.3, 0.4) is 0 Å². The van der Waals surface area contributed by atoms with Crippen molar-refractivity contribution in [1.82, 2.24) is 14.9 Å². The van der Waals surface area contributed by atoms with E-state index >= 15 is 0 Å². The Bertz CT molecular complexity index is 962. The largest absolute Gasteiger partial charge is 0.335 e. The summed E-state index contributed by atoms with van der Waals surface area (Å²) < 4.78 is 15.7. The van der Waals surface area contributed by atoms with E-state index in [-0.39, 0.29) is 17.5 Å². The van der Waals surface area contributed by atoms with Crippen LogP contribution in [0.4, 0.5) is 10.1 Å². The molecule has 134 valence electrons. The van der Waals surface area contributed by atoms with Gasteiger partial charge >= 0.3 is 0 Å². The second-order valence-electron chi connectivity index (χ2n) is 5.46. The van der Waals surface area contributed by atoms with Gasteiger partial charge in [-0.15, -0.1) is 10.2 Å². The van der Waals surface area contributed by atoms with Gasteiger partial charge < -0.3 is 11.2 Å². The summed E-state index contributed by atoms with van der Waals surface area (Å²) in [6, 6.07) is 12.1. The molecule has 0 radical (unpaired) electrons. The van der Waals surface area contributed by atoms with Gasteiger partial charge in [0.1, 0.15) is 5.82 Å². The third-order valence-corrected chi connectivity index (χ3v) is 5.20. The highest BCUT2D eigenvalue weighted by molar-refractivity contribution is 9.10. The number of aryl methyl sites for hydroxylation is 1. The van der Waals surface area contributed by atoms with E-state index in [9.17, 15) is 9.18 Å². The van der Waals surface area contributed by atoms with Crippen molar-refractivity contribution in [1.29, 1.82) is 0 Å². The van der Waals surface area contributed by atoms with Gasteiger partial charge in [-0.2, -0.15) is 0 Å². The number of aromatic nitrogens is 3. The van der Waals surface area contributed by atoms with Crippen LogP contribution in [-0.2, 0) is 4.79 Å². The maximum atomic E-state index is 13.5. The van der Waals surface area contributed by atoms with E-state index in [0.29, 0.717) is 22.2 Å². The number of carbonyl (C=O) groups excluding carboxylic acids is 1. The first-order valence-electron chi connectivity index (χ1n) is 7.60. The number of hydrogen-bond donors (Lipinski definition) is 2. The lowest BCUT2D eigenvalue weighted by molar-refractivity contribution is -0.113. The van der Waals surface area contributed by atoms with E-state index in [0.717, 1.165) is 21.8 Å². The fraction of sp³-hybridized carbons (Fsp3) is 0.118. The number of benzene rings is 2. The van der Waals surface area contributed by atoms with Gasteiger partial charge in [0, 0.05) is 15.7 Å². The van der Waals surface area contributed by atoms with Crippen molar-refractivity contribution in [3.63, 3.8) is 0 Å². The topological polar surface area (TPSA) is 85.8 Å². The highest BCUT2D eigenvalue weighted by atomic mass is 79.9. The fourth-order valence-corrected chi connectivity index (χ4v) is 3.32. The van der Waals surface area contributed by atoms with Gasteiger partial charge in [-0.25, -0.2) is 9.07 Å². The molecular formula is C17H15BrFN5OS. The molecule has 2 aromatic carbocycles. The molecule has 3 N–H and O–H groups in total. The Labute approximate surface area is 162 Å². The molecule has 0 saturated heterocycles. The Kier molecular flexibility index (Phi) is 5.58. The number of carbonyl (C=O) groups is 1. The van der Waals surface area contributed by atoms with E-state index in [1.54, 1.807) is 19.1 Å². The summed E-state index contributed by atoms with van der Waals surface area (Å²) in [6.45, 7) is 1.66. The van der Waals surface area contributed by atoms with Crippen molar-refractivity contribution in [3.05, 3.63) is 58.3 Å². The SMILES string of the molecule is Cc1ccc(NC(=O)CSc2nnc(-c3ccccc3Br)n2N)cc1F. The molecule has 0 aliphatic carbocycles. The molecular weight excluding hydrogens is 421 g/mol. The average molecular weight is 436 g/mol. The Hall–Kier alpha value is -2.39. The first-order valence-corrected chi connectivity index (χ1v) is 9.38. The predicted octanol–water partition coefficient (Wildman–Crippen LogP) is 3.60. The van der Waals surface area contributed by atoms with Crippen LogP contribution < -0.4 is 11.2 Å². The van der Waals surface area contributed by atoms with Gasteiger partial charge in [0.05, 0.1) is 5.75 Å². The molecule has 0 bridgehead atoms. The number of nitrogen functional groups attached to an aromatic ring is 1. The number of nitrogens with two attached hydrogens (primary N) is 1. The number of nitrogens with zero attached hydrogens (tertiary/aromatic N) is 3. The molecule has 0 fully saturated rings. The number of rotatable bonds is 5. The van der Waals surface area contributed by atoms with Gasteiger partial charge in [-0.3, -0.25) is 4.79 Å². The second-order valence-corrected chi connectivity index (χ2v) is 7.25. The summed E-state index contributed by atoms with van der Waals surface area (Å²) in [7, 11) is 0. The summed E-state index contributed by atoms with van der Waals surface area (Å²) >= 11 is 4.59. The van der Waals surface area contributed by atoms with Gasteiger partial charge in [0.2, 0.25) is 11.1 Å². The first-order chi connectivity index (χ1) is 12.5. The molecule has 9 heteroatoms. The predicted molar refractivity (Wildman–Crippen MR) is 104 cm³/mol. The smallest absolute Gasteiger partial charge is 0.234 e. The first kappa shape index (κ1) is 18.4. The molecule has 3 aromatic rings. The zero-order valence-corrected chi connectivity index (χ0v) is 16.1. The molecule has 0 aliphatic heterocycles. The summed E-state index contributed by atoms with van der Waals surface area (Å²) in [5.74, 6) is 5.95. The number of thioether (sulfide) groups is 1. The molecule has 6 nitrogen and oxygen atoms in total. The zero-order valence-electron chi connectivity index (χ0n) is 13.7. The number of halogens is 2. The fourth-order valence-electron chi connectivity index (χ4n) is 2.20. The maximum Gasteiger partial charge on any atom is 0.234 e. The van der Waals surface area contributed by atoms with Crippen molar-refractivity contribution in [3.8, 4) is 11.4 Å². The van der Waals surface area contributed by atoms with Crippen LogP contribution in [0.1, 0.15) is 5.56 Å². The standard InChI is InChI=1S/C17H15BrFN5OS/c1-10-6-7-11(8-14(10)19)21-15(25)9-26-17-23-22-16(24(17)20)12-4-2-3-5-13(12)18/h2-8H,9,20H2,1H3,(H,21,25). The van der Waals surface area contributed by atoms with E-state index < -0.39 is 0 Å². The number of hydrogen-bond acceptors (Lipinski definition) is 5. The zero-order chi connectivity index (χ0) is 18.7. The number of anilines is 1. The Morgan fingerprint density at radius 2 is 2.08 bits per heavy atom. The molecule has 0 saturated carbocycles. The van der Waals surface area contributed by atoms with Gasteiger partial charge in [-0.05, 0) is 36.8 Å². The molecule has 0 unspecified atom stereocenters. The summed E-state index contributed by atoms with van der Waals surface area (Å²) in [5.41, 5.74) is 1.73. The average Bonchev–Trinajstić information content (AvgIpc) is 2.97. The van der Waals surface area contributed by atoms with E-state index in [4.69, 9.17) is 5.84 Å². The van der Waals surface area contributed by atoms with Crippen molar-refractivity contribution in [2.24, 2.45) is 0 Å². The van der Waals surface area contributed by atoms with Crippen molar-refractivity contribution in [2.75, 3.05) is 16.9 Å². The minimum absolute atomic E-state index is 0.0702. The quantitative estimate of drug-likeness (QED) is 0.472. The molecule has 1 aromatic heterocycles. The maximum absolute atomic E-state index is 13.5. The second kappa shape index (κ2) is 7.88. The molecule has 0 spiro atoms. The lowest BCUT2D eigenvalue weighted by Crippen LogP contribution is -2.16. The molecule has 1 amide bonds. The van der Waals surface area contributed by atoms with Gasteiger partial charge in [0.25, 0.3) is 0 Å². The summed E-state index contributed by atoms with van der Waals surface area (Å²) in [5, 5.41) is 11.2. The Balaban J connectivity index is 1.66. The van der Waals surface area contributed by atoms with E-state index in [2.05, 4.69) is 31.4 Å². The highest BCUT2D eigenvalue weighted by Gasteiger charge is 2.15. The van der Waals surface area contributed by atoms with Crippen LogP contribution in [0.5, 0.6) is 0 Å². The van der Waals surface area contributed by atoms with Gasteiger partial charge in [-0.1, -0.05) is 45.9 Å². The lowest BCUT2D eigenvalue weighted by Gasteiger charge is -2.07. The summed E-state index contributed by atoms with van der Waals surface area (Å²) in [6.07, 6.45) is 0. The third-order valence-electron chi connectivity index (χ3n) is 3.57. The molecule has 3 rings (SSSR count). The number of amides is 1. The normalized spacial score (nSPS) is 10.7. The Morgan fingerprint density at radius 1 is 1.31 bits per heavy atom. The molecule has 0 atom stereocenters. The molecule has 0 aliphatic rings. The highest BCUT2D eigenvalue weighted by Crippen LogP contribution is 2.28. The van der Waals surface area contributed by atoms with E-state index in [1.807, 2.05) is 24.3 Å². The van der Waals surface area contributed by atoms with Crippen molar-refractivity contribution >= 4 is 39.3 Å². The van der Waals surface area contributed by atoms with Crippen molar-refractivity contribution < 1.29 is 9.18 Å². The third kappa shape index (κ3) is 4.05. The lowest BCUT2D eigenvalue weighted by atomic mass is 10.2. The van der Waals surface area contributed by atoms with Gasteiger partial charge in [0.15, 0.2) is 5.82 Å². The van der Waals surface area contributed by atoms with E-state index in [1.165, 1.54) is 10.7 Å². The van der Waals surface area contributed by atoms with Crippen LogP contribution in [0.2, 0.25) is 0 Å². The number of nitrogens with one attached hydrogen (secondary N) is 1. The van der Waals surface area contributed by atoms with Crippen LogP contribution in [-0.4, -0.2) is 26.5 Å².